The van der Waals surface area contributed by atoms with E-state index in [0.717, 1.165) is 9.40 Å². The van der Waals surface area contributed by atoms with Gasteiger partial charge in [-0.2, -0.15) is 4.31 Å². The van der Waals surface area contributed by atoms with E-state index in [1.807, 2.05) is 31.4 Å². The predicted molar refractivity (Wildman–Crippen MR) is 141 cm³/mol. The zero-order chi connectivity index (χ0) is 25.9. The van der Waals surface area contributed by atoms with E-state index in [0.29, 0.717) is 24.1 Å². The molecule has 0 spiro atoms. The zero-order valence-electron chi connectivity index (χ0n) is 20.1. The Bertz CT molecular complexity index is 1280. The van der Waals surface area contributed by atoms with Crippen molar-refractivity contribution >= 4 is 53.9 Å². The van der Waals surface area contributed by atoms with Crippen LogP contribution in [0.3, 0.4) is 0 Å². The van der Waals surface area contributed by atoms with Crippen LogP contribution in [0.25, 0.3) is 9.40 Å². The minimum absolute atomic E-state index is 0.0761. The van der Waals surface area contributed by atoms with E-state index >= 15 is 0 Å². The molecule has 1 fully saturated rings. The molecule has 1 aliphatic rings. The van der Waals surface area contributed by atoms with Gasteiger partial charge in [0.2, 0.25) is 5.91 Å². The minimum Gasteiger partial charge on any atom is -0.390 e. The number of hydrogen-bond acceptors (Lipinski definition) is 8. The van der Waals surface area contributed by atoms with Gasteiger partial charge in [0.1, 0.15) is 6.04 Å². The molecule has 4 heterocycles. The number of fused-ring (bicyclic) bond motifs is 1. The number of nitrogens with one attached hydrogen (secondary N) is 2. The van der Waals surface area contributed by atoms with Crippen molar-refractivity contribution in [3.8, 4) is 0 Å². The maximum Gasteiger partial charge on any atom is 0.262 e. The molecular formula is C24H30N4O5S3. The Labute approximate surface area is 218 Å². The second-order valence-electron chi connectivity index (χ2n) is 9.27. The SMILES string of the molecule is CC(C)C[C@H](NC(=O)c1cc2sccc2s1)C(=O)NC1CCCN(S(=O)(=O)c2ccccn2)CC1O. The molecule has 1 aliphatic heterocycles. The first-order chi connectivity index (χ1) is 17.1. The molecule has 3 aromatic rings. The molecule has 0 aliphatic carbocycles. The van der Waals surface area contributed by atoms with E-state index in [2.05, 4.69) is 15.6 Å². The van der Waals surface area contributed by atoms with Crippen molar-refractivity contribution in [2.45, 2.75) is 56.3 Å². The highest BCUT2D eigenvalue weighted by Gasteiger charge is 2.35. The smallest absolute Gasteiger partial charge is 0.262 e. The number of thiophene rings is 2. The van der Waals surface area contributed by atoms with Crippen LogP contribution in [0.4, 0.5) is 0 Å². The molecule has 36 heavy (non-hydrogen) atoms. The number of rotatable bonds is 8. The van der Waals surface area contributed by atoms with Crippen LogP contribution in [0.2, 0.25) is 0 Å². The number of β-amino-alcohol motifs (C(OH)–C–C–N with tert-alkyl or cyclic N) is 1. The molecule has 2 unspecified atom stereocenters. The summed E-state index contributed by atoms with van der Waals surface area (Å²) in [7, 11) is -3.86. The van der Waals surface area contributed by atoms with E-state index < -0.39 is 28.2 Å². The van der Waals surface area contributed by atoms with Gasteiger partial charge in [-0.05, 0) is 54.8 Å². The zero-order valence-corrected chi connectivity index (χ0v) is 22.5. The standard InChI is InChI=1S/C24H30N4O5S3/c1-15(2)12-17(27-24(31)21-13-20-19(35-21)8-11-34-20)23(30)26-16-6-5-10-28(14-18(16)29)36(32,33)22-7-3-4-9-25-22/h3-4,7-9,11,13,15-18,29H,5-6,10,12,14H2,1-2H3,(H,26,30)(H,27,31)/t16?,17-,18?/m0/s1. The van der Waals surface area contributed by atoms with Crippen LogP contribution < -0.4 is 10.6 Å². The largest absolute Gasteiger partial charge is 0.390 e. The lowest BCUT2D eigenvalue weighted by Gasteiger charge is -2.27. The third-order valence-corrected chi connectivity index (χ3v) is 9.91. The van der Waals surface area contributed by atoms with E-state index in [1.54, 1.807) is 23.5 Å². The number of aromatic nitrogens is 1. The van der Waals surface area contributed by atoms with Gasteiger partial charge in [-0.15, -0.1) is 22.7 Å². The van der Waals surface area contributed by atoms with Crippen LogP contribution in [-0.4, -0.2) is 65.9 Å². The summed E-state index contributed by atoms with van der Waals surface area (Å²) in [6.45, 7) is 3.99. The first-order valence-electron chi connectivity index (χ1n) is 11.8. The summed E-state index contributed by atoms with van der Waals surface area (Å²) in [5.74, 6) is -0.551. The fourth-order valence-corrected chi connectivity index (χ4v) is 7.66. The number of aliphatic hydroxyl groups is 1. The predicted octanol–water partition coefficient (Wildman–Crippen LogP) is 2.83. The molecule has 1 saturated heterocycles. The number of sulfonamides is 1. The maximum atomic E-state index is 13.2. The Balaban J connectivity index is 1.42. The summed E-state index contributed by atoms with van der Waals surface area (Å²) < 4.78 is 29.2. The average Bonchev–Trinajstić information content (AvgIpc) is 3.40. The van der Waals surface area contributed by atoms with Crippen molar-refractivity contribution in [3.05, 3.63) is 46.8 Å². The van der Waals surface area contributed by atoms with E-state index in [1.165, 1.54) is 27.9 Å². The van der Waals surface area contributed by atoms with Gasteiger partial charge in [-0.25, -0.2) is 13.4 Å². The summed E-state index contributed by atoms with van der Waals surface area (Å²) in [6, 6.07) is 7.03. The van der Waals surface area contributed by atoms with Gasteiger partial charge in [0, 0.05) is 28.7 Å². The first kappa shape index (κ1) is 26.7. The van der Waals surface area contributed by atoms with Crippen molar-refractivity contribution < 1.29 is 23.1 Å². The molecule has 12 heteroatoms. The van der Waals surface area contributed by atoms with E-state index in [-0.39, 0.29) is 35.8 Å². The molecular weight excluding hydrogens is 520 g/mol. The second-order valence-corrected chi connectivity index (χ2v) is 13.2. The van der Waals surface area contributed by atoms with Crippen LogP contribution >= 0.6 is 22.7 Å². The van der Waals surface area contributed by atoms with Gasteiger partial charge in [0.15, 0.2) is 5.03 Å². The van der Waals surface area contributed by atoms with Gasteiger partial charge in [-0.3, -0.25) is 9.59 Å². The van der Waals surface area contributed by atoms with Crippen LogP contribution in [0.5, 0.6) is 0 Å². The molecule has 194 valence electrons. The fourth-order valence-electron chi connectivity index (χ4n) is 4.22. The van der Waals surface area contributed by atoms with Crippen molar-refractivity contribution in [1.82, 2.24) is 19.9 Å². The van der Waals surface area contributed by atoms with Gasteiger partial charge in [0.05, 0.1) is 17.0 Å². The van der Waals surface area contributed by atoms with Crippen LogP contribution in [0, 0.1) is 5.92 Å². The third-order valence-electron chi connectivity index (χ3n) is 6.04. The molecule has 3 N–H and O–H groups in total. The number of pyridine rings is 1. The lowest BCUT2D eigenvalue weighted by molar-refractivity contribution is -0.125. The van der Waals surface area contributed by atoms with E-state index in [4.69, 9.17) is 0 Å². The third kappa shape index (κ3) is 6.12. The molecule has 0 saturated carbocycles. The highest BCUT2D eigenvalue weighted by Crippen LogP contribution is 2.30. The van der Waals surface area contributed by atoms with Gasteiger partial charge >= 0.3 is 0 Å². The number of amides is 2. The molecule has 3 aromatic heterocycles. The number of carbonyl (C=O) groups excluding carboxylic acids is 2. The normalized spacial score (nSPS) is 20.2. The lowest BCUT2D eigenvalue weighted by atomic mass is 10.0. The molecule has 2 amide bonds. The number of aliphatic hydroxyl groups excluding tert-OH is 1. The number of hydrogen-bond donors (Lipinski definition) is 3. The molecule has 4 rings (SSSR count). The molecule has 3 atom stereocenters. The highest BCUT2D eigenvalue weighted by molar-refractivity contribution is 7.89. The van der Waals surface area contributed by atoms with Crippen molar-refractivity contribution in [2.24, 2.45) is 5.92 Å². The Morgan fingerprint density at radius 3 is 2.75 bits per heavy atom. The van der Waals surface area contributed by atoms with Crippen LogP contribution in [-0.2, 0) is 14.8 Å². The Kier molecular flexibility index (Phi) is 8.41. The molecule has 0 radical (unpaired) electrons. The minimum atomic E-state index is -3.86. The lowest BCUT2D eigenvalue weighted by Crippen LogP contribution is -2.54. The topological polar surface area (TPSA) is 129 Å². The van der Waals surface area contributed by atoms with Gasteiger partial charge < -0.3 is 15.7 Å². The second kappa shape index (κ2) is 11.3. The summed E-state index contributed by atoms with van der Waals surface area (Å²) in [4.78, 5) is 30.6. The average molecular weight is 551 g/mol. The first-order valence-corrected chi connectivity index (χ1v) is 15.0. The molecule has 0 aromatic carbocycles. The van der Waals surface area contributed by atoms with Gasteiger partial charge in [-0.1, -0.05) is 19.9 Å². The summed E-state index contributed by atoms with van der Waals surface area (Å²) >= 11 is 2.94. The van der Waals surface area contributed by atoms with Crippen LogP contribution in [0.15, 0.2) is 46.9 Å². The van der Waals surface area contributed by atoms with Crippen molar-refractivity contribution in [3.63, 3.8) is 0 Å². The monoisotopic (exact) mass is 550 g/mol. The maximum absolute atomic E-state index is 13.2. The van der Waals surface area contributed by atoms with Gasteiger partial charge in [0.25, 0.3) is 15.9 Å². The molecule has 9 nitrogen and oxygen atoms in total. The van der Waals surface area contributed by atoms with E-state index in [9.17, 15) is 23.1 Å². The van der Waals surface area contributed by atoms with Crippen LogP contribution in [0.1, 0.15) is 42.8 Å². The Hall–Kier alpha value is -2.38. The van der Waals surface area contributed by atoms with Crippen molar-refractivity contribution in [1.29, 1.82) is 0 Å². The fraction of sp³-hybridized carbons (Fsp3) is 0.458. The molecule has 0 bridgehead atoms. The summed E-state index contributed by atoms with van der Waals surface area (Å²) in [6.07, 6.45) is 1.60. The quantitative estimate of drug-likeness (QED) is 0.396. The number of nitrogens with zero attached hydrogens (tertiary/aromatic N) is 2. The van der Waals surface area contributed by atoms with Crippen molar-refractivity contribution in [2.75, 3.05) is 13.1 Å². The highest BCUT2D eigenvalue weighted by atomic mass is 32.2. The Morgan fingerprint density at radius 1 is 1.25 bits per heavy atom. The summed E-state index contributed by atoms with van der Waals surface area (Å²) in [5, 5.41) is 18.5. The number of carbonyl (C=O) groups is 2. The summed E-state index contributed by atoms with van der Waals surface area (Å²) in [5.41, 5.74) is 0. The Morgan fingerprint density at radius 2 is 2.06 bits per heavy atom.